The zero-order chi connectivity index (χ0) is 38.4. The molecule has 0 amide bonds. The number of benzene rings is 7. The Morgan fingerprint density at radius 2 is 1.23 bits per heavy atom. The molecule has 0 saturated carbocycles. The van der Waals surface area contributed by atoms with E-state index >= 15 is 0 Å². The molecular formula is C51H44BN2O2+. The van der Waals surface area contributed by atoms with Crippen molar-refractivity contribution in [2.75, 3.05) is 0 Å². The molecule has 0 bridgehead atoms. The highest BCUT2D eigenvalue weighted by Gasteiger charge is 2.42. The van der Waals surface area contributed by atoms with E-state index in [0.717, 1.165) is 44.8 Å². The van der Waals surface area contributed by atoms with Crippen molar-refractivity contribution in [1.29, 1.82) is 0 Å². The number of nitrogens with zero attached hydrogens (tertiary/aromatic N) is 2. The average molecular weight is 728 g/mol. The number of para-hydroxylation sites is 1. The maximum Gasteiger partial charge on any atom is 0.295 e. The topological polar surface area (TPSA) is 26.8 Å². The predicted molar refractivity (Wildman–Crippen MR) is 234 cm³/mol. The highest BCUT2D eigenvalue weighted by molar-refractivity contribution is 6.98. The normalized spacial score (nSPS) is 13.6. The van der Waals surface area contributed by atoms with E-state index < -0.39 is 0 Å². The molecule has 9 aromatic rings. The van der Waals surface area contributed by atoms with Crippen LogP contribution < -0.4 is 30.4 Å². The Kier molecular flexibility index (Phi) is 6.69. The van der Waals surface area contributed by atoms with Crippen molar-refractivity contribution in [3.8, 4) is 34.1 Å². The van der Waals surface area contributed by atoms with Gasteiger partial charge in [-0.25, -0.2) is 4.57 Å². The van der Waals surface area contributed by atoms with Crippen molar-refractivity contribution in [2.24, 2.45) is 7.05 Å². The minimum Gasteiger partial charge on any atom is -0.458 e. The summed E-state index contributed by atoms with van der Waals surface area (Å²) in [5.74, 6) is 3.59. The van der Waals surface area contributed by atoms with Gasteiger partial charge in [-0.2, -0.15) is 4.40 Å². The molecule has 0 radical (unpaired) electrons. The number of imidazole rings is 1. The maximum atomic E-state index is 6.97. The minimum atomic E-state index is 0.00140. The second-order valence-electron chi connectivity index (χ2n) is 18.1. The lowest BCUT2D eigenvalue weighted by Gasteiger charge is -2.35. The first kappa shape index (κ1) is 33.3. The summed E-state index contributed by atoms with van der Waals surface area (Å²) >= 11 is 0. The standard InChI is InChI=1S/C51H44BN2O2/c1-29-12-11-14-37-36-13-9-10-15-40(36)54-42-25-31(17-21-41(42)53(8)49(54)46(29)37)30-16-20-35-32(24-30)26-45-47-48(35)56-44-23-19-34(51(5,6)7)28-39(44)52(47)38-27-33(50(2,3)4)18-22-43(38)55-45/h9-28H,1-8H3/q+1. The van der Waals surface area contributed by atoms with Crippen LogP contribution >= 0.6 is 0 Å². The quantitative estimate of drug-likeness (QED) is 0.0956. The molecule has 2 aliphatic rings. The van der Waals surface area contributed by atoms with Crippen molar-refractivity contribution in [3.05, 3.63) is 138 Å². The van der Waals surface area contributed by atoms with Crippen LogP contribution in [0, 0.1) is 6.92 Å². The Labute approximate surface area is 328 Å². The maximum absolute atomic E-state index is 6.97. The van der Waals surface area contributed by atoms with Crippen molar-refractivity contribution in [1.82, 2.24) is 4.40 Å². The Hall–Kier alpha value is -6.07. The fraction of sp³-hybridized carbons (Fsp3) is 0.196. The van der Waals surface area contributed by atoms with E-state index in [-0.39, 0.29) is 17.5 Å². The van der Waals surface area contributed by atoms with Crippen LogP contribution in [0.15, 0.2) is 121 Å². The van der Waals surface area contributed by atoms with E-state index in [1.54, 1.807) is 0 Å². The second kappa shape index (κ2) is 11.3. The third kappa shape index (κ3) is 4.64. The lowest BCUT2D eigenvalue weighted by Crippen LogP contribution is -2.57. The van der Waals surface area contributed by atoms with Gasteiger partial charge in [0.25, 0.3) is 12.4 Å². The summed E-state index contributed by atoms with van der Waals surface area (Å²) in [6.45, 7) is 15.9. The third-order valence-corrected chi connectivity index (χ3v) is 12.6. The molecule has 0 saturated heterocycles. The largest absolute Gasteiger partial charge is 0.458 e. The van der Waals surface area contributed by atoms with E-state index in [9.17, 15) is 0 Å². The number of rotatable bonds is 1. The van der Waals surface area contributed by atoms with Crippen LogP contribution in [-0.4, -0.2) is 11.1 Å². The van der Waals surface area contributed by atoms with Crippen molar-refractivity contribution >= 4 is 72.2 Å². The van der Waals surface area contributed by atoms with E-state index in [2.05, 4.69) is 186 Å². The highest BCUT2D eigenvalue weighted by atomic mass is 16.5. The zero-order valence-corrected chi connectivity index (χ0v) is 33.3. The summed E-state index contributed by atoms with van der Waals surface area (Å²) < 4.78 is 18.6. The van der Waals surface area contributed by atoms with Gasteiger partial charge in [-0.1, -0.05) is 114 Å². The molecular weight excluding hydrogens is 683 g/mol. The molecule has 7 aromatic carbocycles. The number of aryl methyl sites for hydroxylation is 2. The second-order valence-corrected chi connectivity index (χ2v) is 18.1. The van der Waals surface area contributed by atoms with Crippen LogP contribution in [0.4, 0.5) is 0 Å². The van der Waals surface area contributed by atoms with Crippen LogP contribution in [0.1, 0.15) is 58.2 Å². The van der Waals surface area contributed by atoms with Crippen LogP contribution in [0.25, 0.3) is 60.3 Å². The minimum absolute atomic E-state index is 0.00140. The Morgan fingerprint density at radius 3 is 1.96 bits per heavy atom. The molecule has 11 rings (SSSR count). The smallest absolute Gasteiger partial charge is 0.295 e. The van der Waals surface area contributed by atoms with Crippen LogP contribution in [0.5, 0.6) is 23.0 Å². The summed E-state index contributed by atoms with van der Waals surface area (Å²) in [4.78, 5) is 0. The van der Waals surface area contributed by atoms with E-state index in [4.69, 9.17) is 9.47 Å². The van der Waals surface area contributed by atoms with Crippen molar-refractivity contribution < 1.29 is 14.0 Å². The zero-order valence-electron chi connectivity index (χ0n) is 33.3. The Bertz CT molecular complexity index is 3170. The summed E-state index contributed by atoms with van der Waals surface area (Å²) in [6.07, 6.45) is 0. The molecule has 4 heterocycles. The number of aromatic nitrogens is 2. The van der Waals surface area contributed by atoms with Gasteiger partial charge < -0.3 is 9.47 Å². The third-order valence-electron chi connectivity index (χ3n) is 12.6. The monoisotopic (exact) mass is 727 g/mol. The Balaban J connectivity index is 1.12. The molecule has 0 fully saturated rings. The molecule has 2 aromatic heterocycles. The number of ether oxygens (including phenoxy) is 2. The van der Waals surface area contributed by atoms with Gasteiger partial charge in [0.1, 0.15) is 28.5 Å². The van der Waals surface area contributed by atoms with Gasteiger partial charge in [0.15, 0.2) is 11.0 Å². The number of fused-ring (bicyclic) bond motifs is 14. The molecule has 56 heavy (non-hydrogen) atoms. The summed E-state index contributed by atoms with van der Waals surface area (Å²) in [5.41, 5.74) is 14.5. The molecule has 4 nitrogen and oxygen atoms in total. The summed E-state index contributed by atoms with van der Waals surface area (Å²) in [6, 6.07) is 44.9. The first-order valence-electron chi connectivity index (χ1n) is 19.8. The van der Waals surface area contributed by atoms with E-state index in [1.807, 2.05) is 0 Å². The molecule has 0 aliphatic carbocycles. The lowest BCUT2D eigenvalue weighted by molar-refractivity contribution is -0.617. The van der Waals surface area contributed by atoms with Gasteiger partial charge in [0.05, 0.1) is 12.4 Å². The molecule has 2 aliphatic heterocycles. The number of pyridine rings is 1. The molecule has 0 unspecified atom stereocenters. The average Bonchev–Trinajstić information content (AvgIpc) is 3.47. The fourth-order valence-electron chi connectivity index (χ4n) is 9.54. The van der Waals surface area contributed by atoms with Gasteiger partial charge in [-0.3, -0.25) is 0 Å². The molecule has 272 valence electrons. The van der Waals surface area contributed by atoms with Gasteiger partial charge in [-0.15, -0.1) is 0 Å². The lowest BCUT2D eigenvalue weighted by atomic mass is 9.34. The Morgan fingerprint density at radius 1 is 0.571 bits per heavy atom. The van der Waals surface area contributed by atoms with Gasteiger partial charge in [0, 0.05) is 21.6 Å². The van der Waals surface area contributed by atoms with Gasteiger partial charge in [-0.05, 0) is 110 Å². The first-order valence-corrected chi connectivity index (χ1v) is 19.8. The summed E-state index contributed by atoms with van der Waals surface area (Å²) in [5, 5.41) is 6.03. The fourth-order valence-corrected chi connectivity index (χ4v) is 9.54. The SMILES string of the molecule is Cc1cccc2c3ccccc3n3c4cc(-c5ccc6c7c8c(cc6c5)Oc5ccc(C(C)(C)C)cc5B8c5cc(C(C)(C)C)ccc5O7)ccc4[n+](C)c3c12. The van der Waals surface area contributed by atoms with Gasteiger partial charge in [0.2, 0.25) is 0 Å². The highest BCUT2D eigenvalue weighted by Crippen LogP contribution is 2.43. The molecule has 0 N–H and O–H groups in total. The van der Waals surface area contributed by atoms with Crippen molar-refractivity contribution in [3.63, 3.8) is 0 Å². The van der Waals surface area contributed by atoms with Crippen LogP contribution in [0.3, 0.4) is 0 Å². The van der Waals surface area contributed by atoms with E-state index in [0.29, 0.717) is 0 Å². The number of hydrogen-bond acceptors (Lipinski definition) is 2. The van der Waals surface area contributed by atoms with E-state index in [1.165, 1.54) is 71.5 Å². The number of hydrogen-bond donors (Lipinski definition) is 0. The molecule has 5 heteroatoms. The predicted octanol–water partition coefficient (Wildman–Crippen LogP) is 10.7. The van der Waals surface area contributed by atoms with Gasteiger partial charge >= 0.3 is 0 Å². The van der Waals surface area contributed by atoms with Crippen LogP contribution in [0.2, 0.25) is 0 Å². The van der Waals surface area contributed by atoms with Crippen molar-refractivity contribution in [2.45, 2.75) is 59.3 Å². The molecule has 0 spiro atoms. The first-order chi connectivity index (χ1) is 26.8. The summed E-state index contributed by atoms with van der Waals surface area (Å²) in [7, 11) is 2.19. The molecule has 0 atom stereocenters. The van der Waals surface area contributed by atoms with Crippen LogP contribution in [-0.2, 0) is 17.9 Å².